The molecule has 0 saturated carbocycles. The summed E-state index contributed by atoms with van der Waals surface area (Å²) in [7, 11) is 0. The van der Waals surface area contributed by atoms with E-state index >= 15 is 0 Å². The van der Waals surface area contributed by atoms with Crippen molar-refractivity contribution in [3.8, 4) is 0 Å². The van der Waals surface area contributed by atoms with E-state index in [-0.39, 0.29) is 0 Å². The molecular weight excluding hydrogens is 240 g/mol. The second kappa shape index (κ2) is 3.33. The standard InChI is InChI=1S/C11H13BrN2/c12-10-5-3-4-9(8-10)11-13-6-1-2-7-14(11)13/h3-5,8,11H,1-2,6-7H2. The highest BCUT2D eigenvalue weighted by Gasteiger charge is 2.46. The number of hydrogen-bond acceptors (Lipinski definition) is 2. The molecule has 0 amide bonds. The number of fused-ring (bicyclic) bond motifs is 1. The number of hydrogen-bond donors (Lipinski definition) is 0. The van der Waals surface area contributed by atoms with Gasteiger partial charge in [-0.3, -0.25) is 0 Å². The van der Waals surface area contributed by atoms with Crippen LogP contribution >= 0.6 is 15.9 Å². The van der Waals surface area contributed by atoms with Crippen LogP contribution in [-0.2, 0) is 0 Å². The van der Waals surface area contributed by atoms with Gasteiger partial charge in [0.05, 0.1) is 0 Å². The van der Waals surface area contributed by atoms with Gasteiger partial charge >= 0.3 is 0 Å². The lowest BCUT2D eigenvalue weighted by Crippen LogP contribution is -2.16. The van der Waals surface area contributed by atoms with E-state index in [2.05, 4.69) is 50.2 Å². The predicted octanol–water partition coefficient (Wildman–Crippen LogP) is 2.77. The Bertz CT molecular complexity index is 341. The van der Waals surface area contributed by atoms with Crippen molar-refractivity contribution in [2.75, 3.05) is 13.1 Å². The summed E-state index contributed by atoms with van der Waals surface area (Å²) < 4.78 is 1.18. The molecular formula is C11H13BrN2. The van der Waals surface area contributed by atoms with Crippen molar-refractivity contribution in [1.82, 2.24) is 10.0 Å². The van der Waals surface area contributed by atoms with Gasteiger partial charge in [0.25, 0.3) is 0 Å². The third kappa shape index (κ3) is 1.40. The fourth-order valence-corrected chi connectivity index (χ4v) is 2.72. The topological polar surface area (TPSA) is 6.02 Å². The molecule has 2 atom stereocenters. The van der Waals surface area contributed by atoms with Crippen LogP contribution in [0.3, 0.4) is 0 Å². The van der Waals surface area contributed by atoms with Gasteiger partial charge in [-0.15, -0.1) is 0 Å². The fraction of sp³-hybridized carbons (Fsp3) is 0.455. The minimum Gasteiger partial charge on any atom is -0.217 e. The average Bonchev–Trinajstić information content (AvgIpc) is 2.91. The Hall–Kier alpha value is -0.380. The Morgan fingerprint density at radius 1 is 1.14 bits per heavy atom. The number of benzene rings is 1. The molecule has 2 aliphatic heterocycles. The van der Waals surface area contributed by atoms with Crippen molar-refractivity contribution in [3.05, 3.63) is 34.3 Å². The van der Waals surface area contributed by atoms with Gasteiger partial charge in [-0.2, -0.15) is 0 Å². The molecule has 14 heavy (non-hydrogen) atoms. The molecule has 2 unspecified atom stereocenters. The van der Waals surface area contributed by atoms with Crippen molar-refractivity contribution in [2.45, 2.75) is 19.0 Å². The Balaban J connectivity index is 1.84. The minimum atomic E-state index is 0.565. The lowest BCUT2D eigenvalue weighted by molar-refractivity contribution is 0.252. The summed E-state index contributed by atoms with van der Waals surface area (Å²) in [6, 6.07) is 8.64. The first-order valence-electron chi connectivity index (χ1n) is 5.15. The molecule has 3 heteroatoms. The zero-order valence-corrected chi connectivity index (χ0v) is 9.57. The minimum absolute atomic E-state index is 0.565. The molecule has 2 saturated heterocycles. The summed E-state index contributed by atoms with van der Waals surface area (Å²) in [4.78, 5) is 0. The SMILES string of the molecule is Brc1cccc(C2N3CCCCN23)c1. The largest absolute Gasteiger partial charge is 0.217 e. The maximum atomic E-state index is 3.52. The Morgan fingerprint density at radius 3 is 2.50 bits per heavy atom. The second-order valence-corrected chi connectivity index (χ2v) is 4.88. The Kier molecular flexibility index (Phi) is 2.11. The molecule has 0 radical (unpaired) electrons. The third-order valence-corrected chi connectivity index (χ3v) is 3.50. The first-order chi connectivity index (χ1) is 6.86. The van der Waals surface area contributed by atoms with Crippen LogP contribution < -0.4 is 0 Å². The van der Waals surface area contributed by atoms with E-state index < -0.39 is 0 Å². The maximum absolute atomic E-state index is 3.52. The smallest absolute Gasteiger partial charge is 0.115 e. The summed E-state index contributed by atoms with van der Waals surface area (Å²) in [5.41, 5.74) is 1.42. The zero-order valence-electron chi connectivity index (χ0n) is 7.99. The van der Waals surface area contributed by atoms with Crippen LogP contribution in [0.25, 0.3) is 0 Å². The monoisotopic (exact) mass is 252 g/mol. The maximum Gasteiger partial charge on any atom is 0.115 e. The molecule has 74 valence electrons. The van der Waals surface area contributed by atoms with E-state index in [1.807, 2.05) is 0 Å². The average molecular weight is 253 g/mol. The van der Waals surface area contributed by atoms with E-state index in [0.717, 1.165) is 0 Å². The highest BCUT2D eigenvalue weighted by atomic mass is 79.9. The molecule has 3 rings (SSSR count). The highest BCUT2D eigenvalue weighted by molar-refractivity contribution is 9.10. The number of nitrogens with zero attached hydrogens (tertiary/aromatic N) is 2. The van der Waals surface area contributed by atoms with Crippen molar-refractivity contribution in [2.24, 2.45) is 0 Å². The predicted molar refractivity (Wildman–Crippen MR) is 59.5 cm³/mol. The van der Waals surface area contributed by atoms with Crippen molar-refractivity contribution >= 4 is 15.9 Å². The van der Waals surface area contributed by atoms with Crippen LogP contribution in [0.4, 0.5) is 0 Å². The van der Waals surface area contributed by atoms with Crippen LogP contribution in [0, 0.1) is 0 Å². The molecule has 1 aromatic carbocycles. The first kappa shape index (κ1) is 8.89. The molecule has 2 aliphatic rings. The molecule has 0 aliphatic carbocycles. The summed E-state index contributed by atoms with van der Waals surface area (Å²) in [5.74, 6) is 0. The quantitative estimate of drug-likeness (QED) is 0.710. The van der Waals surface area contributed by atoms with Crippen LogP contribution in [0.15, 0.2) is 28.7 Å². The zero-order chi connectivity index (χ0) is 9.54. The Morgan fingerprint density at radius 2 is 1.86 bits per heavy atom. The number of hydrazine groups is 1. The van der Waals surface area contributed by atoms with Gasteiger partial charge in [-0.05, 0) is 30.5 Å². The third-order valence-electron chi connectivity index (χ3n) is 3.01. The molecule has 1 aromatic rings. The van der Waals surface area contributed by atoms with E-state index in [1.54, 1.807) is 0 Å². The van der Waals surface area contributed by atoms with Gasteiger partial charge in [-0.25, -0.2) is 10.0 Å². The van der Waals surface area contributed by atoms with Gasteiger partial charge < -0.3 is 0 Å². The lowest BCUT2D eigenvalue weighted by atomic mass is 10.2. The van der Waals surface area contributed by atoms with E-state index in [0.29, 0.717) is 6.17 Å². The summed E-state index contributed by atoms with van der Waals surface area (Å²) in [5, 5.41) is 4.93. The molecule has 0 spiro atoms. The Labute approximate surface area is 92.6 Å². The molecule has 0 N–H and O–H groups in total. The number of rotatable bonds is 1. The van der Waals surface area contributed by atoms with Crippen LogP contribution in [0.5, 0.6) is 0 Å². The van der Waals surface area contributed by atoms with Crippen LogP contribution in [0.2, 0.25) is 0 Å². The van der Waals surface area contributed by atoms with E-state index in [4.69, 9.17) is 0 Å². The van der Waals surface area contributed by atoms with Gasteiger partial charge in [0.1, 0.15) is 6.17 Å². The van der Waals surface area contributed by atoms with Crippen molar-refractivity contribution in [1.29, 1.82) is 0 Å². The lowest BCUT2D eigenvalue weighted by Gasteiger charge is -2.09. The van der Waals surface area contributed by atoms with Gasteiger partial charge in [0, 0.05) is 17.6 Å². The first-order valence-corrected chi connectivity index (χ1v) is 5.94. The van der Waals surface area contributed by atoms with Gasteiger partial charge in [-0.1, -0.05) is 28.1 Å². The summed E-state index contributed by atoms with van der Waals surface area (Å²) >= 11 is 3.52. The van der Waals surface area contributed by atoms with Crippen molar-refractivity contribution in [3.63, 3.8) is 0 Å². The summed E-state index contributed by atoms with van der Waals surface area (Å²) in [6.45, 7) is 2.47. The highest BCUT2D eigenvalue weighted by Crippen LogP contribution is 2.44. The number of halogens is 1. The fourth-order valence-electron chi connectivity index (χ4n) is 2.31. The molecule has 0 aromatic heterocycles. The van der Waals surface area contributed by atoms with Gasteiger partial charge in [0.2, 0.25) is 0 Å². The van der Waals surface area contributed by atoms with Gasteiger partial charge in [0.15, 0.2) is 0 Å². The summed E-state index contributed by atoms with van der Waals surface area (Å²) in [6.07, 6.45) is 3.26. The van der Waals surface area contributed by atoms with E-state index in [1.165, 1.54) is 36.0 Å². The van der Waals surface area contributed by atoms with Crippen molar-refractivity contribution < 1.29 is 0 Å². The molecule has 2 heterocycles. The normalized spacial score (nSPS) is 35.1. The van der Waals surface area contributed by atoms with E-state index in [9.17, 15) is 0 Å². The second-order valence-electron chi connectivity index (χ2n) is 3.96. The molecule has 2 fully saturated rings. The molecule has 2 nitrogen and oxygen atoms in total. The molecule has 0 bridgehead atoms. The van der Waals surface area contributed by atoms with Crippen LogP contribution in [0.1, 0.15) is 24.6 Å². The van der Waals surface area contributed by atoms with Crippen LogP contribution in [-0.4, -0.2) is 23.1 Å².